The van der Waals surface area contributed by atoms with Crippen LogP contribution in [-0.2, 0) is 0 Å². The first-order valence-electron chi connectivity index (χ1n) is 7.91. The molecule has 0 saturated carbocycles. The van der Waals surface area contributed by atoms with Crippen molar-refractivity contribution in [3.8, 4) is 0 Å². The number of nitro groups is 1. The second kappa shape index (κ2) is 8.10. The Labute approximate surface area is 126 Å². The van der Waals surface area contributed by atoms with E-state index in [9.17, 15) is 10.1 Å². The molecule has 1 N–H and O–H groups in total. The van der Waals surface area contributed by atoms with Gasteiger partial charge in [-0.25, -0.2) is 0 Å². The van der Waals surface area contributed by atoms with Gasteiger partial charge in [-0.3, -0.25) is 15.0 Å². The fourth-order valence-corrected chi connectivity index (χ4v) is 2.96. The van der Waals surface area contributed by atoms with E-state index in [-0.39, 0.29) is 10.6 Å². The lowest BCUT2D eigenvalue weighted by Crippen LogP contribution is -2.45. The Kier molecular flexibility index (Phi) is 6.14. The van der Waals surface area contributed by atoms with Crippen LogP contribution in [0.1, 0.15) is 44.2 Å². The van der Waals surface area contributed by atoms with Crippen LogP contribution in [-0.4, -0.2) is 36.0 Å². The van der Waals surface area contributed by atoms with Gasteiger partial charge in [0.05, 0.1) is 4.92 Å². The standard InChI is InChI=1S/C16H25N3O2/c1-2-3-4-5-16(18-12-10-17-11-13-18)14-6-8-15(9-7-14)19(20)21/h6-9,16-17H,2-5,10-13H2,1H3/t16-/m0/s1. The zero-order valence-electron chi connectivity index (χ0n) is 12.8. The number of nitrogens with zero attached hydrogens (tertiary/aromatic N) is 2. The van der Waals surface area contributed by atoms with Crippen molar-refractivity contribution in [1.29, 1.82) is 0 Å². The van der Waals surface area contributed by atoms with E-state index in [0.717, 1.165) is 32.6 Å². The van der Waals surface area contributed by atoms with Crippen LogP contribution in [0.15, 0.2) is 24.3 Å². The van der Waals surface area contributed by atoms with Gasteiger partial charge >= 0.3 is 0 Å². The highest BCUT2D eigenvalue weighted by Gasteiger charge is 2.22. The van der Waals surface area contributed by atoms with Crippen molar-refractivity contribution in [1.82, 2.24) is 10.2 Å². The molecule has 0 spiro atoms. The molecule has 0 radical (unpaired) electrons. The lowest BCUT2D eigenvalue weighted by molar-refractivity contribution is -0.384. The average Bonchev–Trinajstić information content (AvgIpc) is 2.53. The Morgan fingerprint density at radius 1 is 1.24 bits per heavy atom. The number of nitrogens with one attached hydrogen (secondary N) is 1. The number of benzene rings is 1. The first-order valence-corrected chi connectivity index (χ1v) is 7.91. The molecule has 0 aromatic heterocycles. The fourth-order valence-electron chi connectivity index (χ4n) is 2.96. The van der Waals surface area contributed by atoms with Crippen molar-refractivity contribution in [3.05, 3.63) is 39.9 Å². The van der Waals surface area contributed by atoms with Gasteiger partial charge in [0.2, 0.25) is 0 Å². The number of nitro benzene ring substituents is 1. The summed E-state index contributed by atoms with van der Waals surface area (Å²) in [5.41, 5.74) is 1.38. The van der Waals surface area contributed by atoms with E-state index in [4.69, 9.17) is 0 Å². The van der Waals surface area contributed by atoms with Crippen molar-refractivity contribution < 1.29 is 4.92 Å². The van der Waals surface area contributed by atoms with E-state index < -0.39 is 0 Å². The zero-order valence-corrected chi connectivity index (χ0v) is 12.8. The number of piperazine rings is 1. The maximum absolute atomic E-state index is 10.8. The Bertz CT molecular complexity index is 441. The highest BCUT2D eigenvalue weighted by molar-refractivity contribution is 5.34. The molecule has 1 aromatic rings. The third kappa shape index (κ3) is 4.51. The molecule has 0 unspecified atom stereocenters. The number of hydrogen-bond donors (Lipinski definition) is 1. The summed E-state index contributed by atoms with van der Waals surface area (Å²) in [6.07, 6.45) is 4.80. The first-order chi connectivity index (χ1) is 10.2. The SMILES string of the molecule is CCCCC[C@@H](c1ccc([N+](=O)[O-])cc1)N1CCNCC1. The molecule has 21 heavy (non-hydrogen) atoms. The maximum Gasteiger partial charge on any atom is 0.269 e. The molecular weight excluding hydrogens is 266 g/mol. The molecule has 0 aliphatic carbocycles. The smallest absolute Gasteiger partial charge is 0.269 e. The van der Waals surface area contributed by atoms with Crippen LogP contribution >= 0.6 is 0 Å². The van der Waals surface area contributed by atoms with Crippen molar-refractivity contribution >= 4 is 5.69 Å². The fraction of sp³-hybridized carbons (Fsp3) is 0.625. The molecule has 1 atom stereocenters. The topological polar surface area (TPSA) is 58.4 Å². The molecule has 0 bridgehead atoms. The van der Waals surface area contributed by atoms with E-state index in [1.807, 2.05) is 12.1 Å². The lowest BCUT2D eigenvalue weighted by Gasteiger charge is -2.35. The second-order valence-electron chi connectivity index (χ2n) is 5.65. The van der Waals surface area contributed by atoms with E-state index in [1.165, 1.54) is 24.8 Å². The van der Waals surface area contributed by atoms with Gasteiger partial charge in [0.1, 0.15) is 0 Å². The number of non-ortho nitro benzene ring substituents is 1. The van der Waals surface area contributed by atoms with Gasteiger partial charge in [0.15, 0.2) is 0 Å². The first kappa shape index (κ1) is 15.9. The summed E-state index contributed by atoms with van der Waals surface area (Å²) >= 11 is 0. The van der Waals surface area contributed by atoms with E-state index in [0.29, 0.717) is 6.04 Å². The van der Waals surface area contributed by atoms with Gasteiger partial charge in [-0.15, -0.1) is 0 Å². The predicted octanol–water partition coefficient (Wildman–Crippen LogP) is 3.12. The van der Waals surface area contributed by atoms with Crippen LogP contribution in [0.3, 0.4) is 0 Å². The van der Waals surface area contributed by atoms with Crippen LogP contribution in [0, 0.1) is 10.1 Å². The third-order valence-electron chi connectivity index (χ3n) is 4.16. The van der Waals surface area contributed by atoms with Crippen LogP contribution in [0.25, 0.3) is 0 Å². The molecule has 5 heteroatoms. The van der Waals surface area contributed by atoms with Gasteiger partial charge in [0.25, 0.3) is 5.69 Å². The zero-order chi connectivity index (χ0) is 15.1. The Morgan fingerprint density at radius 2 is 1.90 bits per heavy atom. The molecule has 1 aliphatic heterocycles. The predicted molar refractivity (Wildman–Crippen MR) is 84.4 cm³/mol. The molecule has 1 aliphatic rings. The molecule has 5 nitrogen and oxygen atoms in total. The van der Waals surface area contributed by atoms with Gasteiger partial charge in [0, 0.05) is 44.4 Å². The summed E-state index contributed by atoms with van der Waals surface area (Å²) in [5, 5.41) is 14.2. The molecule has 1 aromatic carbocycles. The summed E-state index contributed by atoms with van der Waals surface area (Å²) in [6, 6.07) is 7.50. The highest BCUT2D eigenvalue weighted by Crippen LogP contribution is 2.28. The quantitative estimate of drug-likeness (QED) is 0.476. The van der Waals surface area contributed by atoms with Crippen LogP contribution in [0.5, 0.6) is 0 Å². The molecular formula is C16H25N3O2. The Hall–Kier alpha value is -1.46. The summed E-state index contributed by atoms with van der Waals surface area (Å²) in [4.78, 5) is 13.0. The van der Waals surface area contributed by atoms with Gasteiger partial charge in [-0.05, 0) is 12.0 Å². The molecule has 1 heterocycles. The second-order valence-corrected chi connectivity index (χ2v) is 5.65. The largest absolute Gasteiger partial charge is 0.314 e. The van der Waals surface area contributed by atoms with Crippen LogP contribution in [0.2, 0.25) is 0 Å². The molecule has 1 fully saturated rings. The van der Waals surface area contributed by atoms with Gasteiger partial charge in [-0.2, -0.15) is 0 Å². The van der Waals surface area contributed by atoms with Crippen LogP contribution < -0.4 is 5.32 Å². The van der Waals surface area contributed by atoms with E-state index in [2.05, 4.69) is 17.1 Å². The highest BCUT2D eigenvalue weighted by atomic mass is 16.6. The van der Waals surface area contributed by atoms with Crippen molar-refractivity contribution in [3.63, 3.8) is 0 Å². The molecule has 116 valence electrons. The monoisotopic (exact) mass is 291 g/mol. The number of rotatable bonds is 7. The maximum atomic E-state index is 10.8. The average molecular weight is 291 g/mol. The van der Waals surface area contributed by atoms with E-state index in [1.54, 1.807) is 12.1 Å². The summed E-state index contributed by atoms with van der Waals surface area (Å²) in [6.45, 7) is 6.36. The van der Waals surface area contributed by atoms with Gasteiger partial charge < -0.3 is 5.32 Å². The van der Waals surface area contributed by atoms with Crippen molar-refractivity contribution in [2.24, 2.45) is 0 Å². The minimum atomic E-state index is -0.333. The third-order valence-corrected chi connectivity index (χ3v) is 4.16. The normalized spacial score (nSPS) is 17.6. The minimum Gasteiger partial charge on any atom is -0.314 e. The van der Waals surface area contributed by atoms with Crippen LogP contribution in [0.4, 0.5) is 5.69 Å². The number of hydrogen-bond acceptors (Lipinski definition) is 4. The lowest BCUT2D eigenvalue weighted by atomic mass is 9.98. The van der Waals surface area contributed by atoms with Crippen molar-refractivity contribution in [2.45, 2.75) is 38.6 Å². The summed E-state index contributed by atoms with van der Waals surface area (Å²) in [7, 11) is 0. The summed E-state index contributed by atoms with van der Waals surface area (Å²) in [5.74, 6) is 0. The molecule has 1 saturated heterocycles. The van der Waals surface area contributed by atoms with E-state index >= 15 is 0 Å². The minimum absolute atomic E-state index is 0.173. The molecule has 2 rings (SSSR count). The van der Waals surface area contributed by atoms with Gasteiger partial charge in [-0.1, -0.05) is 38.3 Å². The molecule has 0 amide bonds. The number of unbranched alkanes of at least 4 members (excludes halogenated alkanes) is 2. The van der Waals surface area contributed by atoms with Crippen molar-refractivity contribution in [2.75, 3.05) is 26.2 Å². The Morgan fingerprint density at radius 3 is 2.48 bits per heavy atom. The Balaban J connectivity index is 2.10. The summed E-state index contributed by atoms with van der Waals surface area (Å²) < 4.78 is 0.